The van der Waals surface area contributed by atoms with Crippen LogP contribution in [0.15, 0.2) is 59.1 Å². The minimum atomic E-state index is 0.595. The van der Waals surface area contributed by atoms with Crippen molar-refractivity contribution in [2.75, 3.05) is 0 Å². The molecule has 0 saturated heterocycles. The van der Waals surface area contributed by atoms with Crippen LogP contribution in [0.3, 0.4) is 0 Å². The maximum atomic E-state index is 3.51. The van der Waals surface area contributed by atoms with Gasteiger partial charge in [-0.05, 0) is 0 Å². The molecule has 2 rings (SSSR count). The van der Waals surface area contributed by atoms with Crippen molar-refractivity contribution < 1.29 is 0 Å². The van der Waals surface area contributed by atoms with E-state index in [0.29, 0.717) is 26.3 Å². The van der Waals surface area contributed by atoms with Gasteiger partial charge in [0.25, 0.3) is 0 Å². The molecule has 2 aromatic rings. The van der Waals surface area contributed by atoms with Gasteiger partial charge >= 0.3 is 110 Å². The summed E-state index contributed by atoms with van der Waals surface area (Å²) in [6.45, 7) is 0. The third-order valence-corrected chi connectivity index (χ3v) is 9.46. The summed E-state index contributed by atoms with van der Waals surface area (Å²) in [6, 6.07) is 19.4. The van der Waals surface area contributed by atoms with Crippen molar-refractivity contribution in [3.63, 3.8) is 0 Å². The third kappa shape index (κ3) is 3.79. The molecule has 0 aromatic heterocycles. The Balaban J connectivity index is 1.99. The van der Waals surface area contributed by atoms with E-state index in [0.717, 1.165) is 0 Å². The van der Waals surface area contributed by atoms with Gasteiger partial charge in [-0.3, -0.25) is 0 Å². The molecule has 0 radical (unpaired) electrons. The van der Waals surface area contributed by atoms with Gasteiger partial charge in [-0.2, -0.15) is 0 Å². The Morgan fingerprint density at radius 1 is 0.733 bits per heavy atom. The second-order valence-corrected chi connectivity index (χ2v) is 10.2. The van der Waals surface area contributed by atoms with Crippen LogP contribution in [-0.2, 0) is 0 Å². The van der Waals surface area contributed by atoms with E-state index in [1.165, 1.54) is 13.4 Å². The van der Waals surface area contributed by atoms with E-state index in [1.54, 1.807) is 0 Å². The summed E-state index contributed by atoms with van der Waals surface area (Å²) in [4.78, 5) is 0. The number of halogens is 1. The first-order valence-electron chi connectivity index (χ1n) is 4.50. The van der Waals surface area contributed by atoms with Crippen LogP contribution in [0.1, 0.15) is 0 Å². The van der Waals surface area contributed by atoms with Crippen LogP contribution in [0, 0.1) is 0 Å². The van der Waals surface area contributed by atoms with E-state index < -0.39 is 0 Å². The Morgan fingerprint density at radius 2 is 1.40 bits per heavy atom. The van der Waals surface area contributed by atoms with Crippen molar-refractivity contribution in [3.8, 4) is 0 Å². The Kier molecular flexibility index (Phi) is 4.49. The number of hydrogen-bond donors (Lipinski definition) is 0. The van der Waals surface area contributed by atoms with E-state index in [9.17, 15) is 0 Å². The van der Waals surface area contributed by atoms with Gasteiger partial charge in [-0.1, -0.05) is 0 Å². The molecule has 3 heteroatoms. The molecule has 15 heavy (non-hydrogen) atoms. The van der Waals surface area contributed by atoms with Gasteiger partial charge in [0.05, 0.1) is 0 Å². The molecular weight excluding hydrogens is 382 g/mol. The third-order valence-electron chi connectivity index (χ3n) is 1.77. The predicted molar refractivity (Wildman–Crippen MR) is 71.4 cm³/mol. The molecule has 0 spiro atoms. The fourth-order valence-electron chi connectivity index (χ4n) is 1.09. The van der Waals surface area contributed by atoms with E-state index >= 15 is 0 Å². The number of benzene rings is 2. The van der Waals surface area contributed by atoms with Gasteiger partial charge in [0.2, 0.25) is 0 Å². The van der Waals surface area contributed by atoms with Crippen LogP contribution in [0.25, 0.3) is 0 Å². The Hall–Kier alpha value is -0.0410. The average molecular weight is 391 g/mol. The van der Waals surface area contributed by atoms with E-state index in [-0.39, 0.29) is 0 Å². The van der Waals surface area contributed by atoms with E-state index in [2.05, 4.69) is 70.5 Å². The molecule has 0 heterocycles. The van der Waals surface area contributed by atoms with Gasteiger partial charge in [0, 0.05) is 0 Å². The Bertz CT molecular complexity index is 429. The van der Waals surface area contributed by atoms with Gasteiger partial charge < -0.3 is 0 Å². The molecule has 0 aliphatic carbocycles. The molecule has 0 atom stereocenters. The molecule has 0 aliphatic heterocycles. The summed E-state index contributed by atoms with van der Waals surface area (Å²) < 4.78 is 4.15. The standard InChI is InChI=1S/C12H9BrSe2/c13-10-5-4-8-12(9-10)15-14-11-6-2-1-3-7-11/h1-9H. The van der Waals surface area contributed by atoms with Crippen molar-refractivity contribution in [2.45, 2.75) is 0 Å². The zero-order chi connectivity index (χ0) is 10.5. The van der Waals surface area contributed by atoms with Crippen LogP contribution in [0.5, 0.6) is 0 Å². The molecule has 0 amide bonds. The quantitative estimate of drug-likeness (QED) is 0.700. The van der Waals surface area contributed by atoms with Gasteiger partial charge in [0.1, 0.15) is 0 Å². The summed E-state index contributed by atoms with van der Waals surface area (Å²) in [5.74, 6) is 0. The SMILES string of the molecule is Brc1cccc([Se][Se]c2ccccc2)c1. The zero-order valence-electron chi connectivity index (χ0n) is 7.89. The molecule has 0 saturated carbocycles. The molecule has 0 fully saturated rings. The first kappa shape index (κ1) is 11.4. The monoisotopic (exact) mass is 392 g/mol. The van der Waals surface area contributed by atoms with Crippen molar-refractivity contribution >= 4 is 51.1 Å². The fraction of sp³-hybridized carbons (Fsp3) is 0. The normalized spacial score (nSPS) is 10.2. The Labute approximate surface area is 109 Å². The number of hydrogen-bond acceptors (Lipinski definition) is 0. The fourth-order valence-corrected chi connectivity index (χ4v) is 7.89. The van der Waals surface area contributed by atoms with Crippen molar-refractivity contribution in [2.24, 2.45) is 0 Å². The summed E-state index contributed by atoms with van der Waals surface area (Å²) >= 11 is 4.71. The zero-order valence-corrected chi connectivity index (χ0v) is 12.9. The van der Waals surface area contributed by atoms with Crippen LogP contribution in [0.2, 0.25) is 0 Å². The minimum absolute atomic E-state index is 0.595. The Morgan fingerprint density at radius 3 is 2.13 bits per heavy atom. The van der Waals surface area contributed by atoms with E-state index in [4.69, 9.17) is 0 Å². The van der Waals surface area contributed by atoms with E-state index in [1.807, 2.05) is 0 Å². The first-order chi connectivity index (χ1) is 7.34. The maximum absolute atomic E-state index is 3.51. The van der Waals surface area contributed by atoms with Gasteiger partial charge in [0.15, 0.2) is 0 Å². The van der Waals surface area contributed by atoms with Crippen LogP contribution in [-0.4, -0.2) is 26.3 Å². The molecule has 0 nitrogen and oxygen atoms in total. The average Bonchev–Trinajstić information content (AvgIpc) is 2.28. The molecule has 0 bridgehead atoms. The van der Waals surface area contributed by atoms with Gasteiger partial charge in [-0.25, -0.2) is 0 Å². The van der Waals surface area contributed by atoms with Crippen molar-refractivity contribution in [3.05, 3.63) is 59.1 Å². The van der Waals surface area contributed by atoms with Crippen molar-refractivity contribution in [1.29, 1.82) is 0 Å². The molecule has 2 aromatic carbocycles. The second-order valence-electron chi connectivity index (χ2n) is 2.94. The molecule has 0 N–H and O–H groups in total. The summed E-state index contributed by atoms with van der Waals surface area (Å²) in [5, 5.41) is 0. The van der Waals surface area contributed by atoms with Crippen LogP contribution in [0.4, 0.5) is 0 Å². The van der Waals surface area contributed by atoms with Gasteiger partial charge in [-0.15, -0.1) is 0 Å². The van der Waals surface area contributed by atoms with Crippen LogP contribution >= 0.6 is 15.9 Å². The van der Waals surface area contributed by atoms with Crippen molar-refractivity contribution in [1.82, 2.24) is 0 Å². The first-order valence-corrected chi connectivity index (χ1v) is 11.3. The van der Waals surface area contributed by atoms with Crippen LogP contribution < -0.4 is 8.92 Å². The molecule has 0 aliphatic rings. The summed E-state index contributed by atoms with van der Waals surface area (Å²) in [7, 11) is 0. The number of rotatable bonds is 3. The second kappa shape index (κ2) is 5.88. The molecular formula is C12H9BrSe2. The molecule has 76 valence electrons. The predicted octanol–water partition coefficient (Wildman–Crippen LogP) is 1.72. The topological polar surface area (TPSA) is 0 Å². The summed E-state index contributed by atoms with van der Waals surface area (Å²) in [5.41, 5.74) is 0. The summed E-state index contributed by atoms with van der Waals surface area (Å²) in [6.07, 6.45) is 0. The molecule has 0 unspecified atom stereocenters.